The predicted molar refractivity (Wildman–Crippen MR) is 151 cm³/mol. The summed E-state index contributed by atoms with van der Waals surface area (Å²) in [5.74, 6) is -2.04. The Bertz CT molecular complexity index is 2990. The summed E-state index contributed by atoms with van der Waals surface area (Å²) in [7, 11) is 0. The number of benzene rings is 5. The summed E-state index contributed by atoms with van der Waals surface area (Å²) in [5, 5.41) is -1.15. The second kappa shape index (κ2) is 8.11. The van der Waals surface area contributed by atoms with E-state index in [-0.39, 0.29) is 21.5 Å². The summed E-state index contributed by atoms with van der Waals surface area (Å²) in [6.45, 7) is 0. The first-order valence-electron chi connectivity index (χ1n) is 20.4. The smallest absolute Gasteiger partial charge is 0.164 e. The van der Waals surface area contributed by atoms with Crippen molar-refractivity contribution in [2.24, 2.45) is 0 Å². The molecule has 178 valence electrons. The second-order valence-corrected chi connectivity index (χ2v) is 7.83. The third kappa shape index (κ3) is 3.29. The summed E-state index contributed by atoms with van der Waals surface area (Å²) < 4.78 is 173. The van der Waals surface area contributed by atoms with Crippen LogP contribution in [0.4, 0.5) is 0 Å². The molecular formula is C33H19N3O2. The van der Waals surface area contributed by atoms with Gasteiger partial charge in [-0.2, -0.15) is 0 Å². The lowest BCUT2D eigenvalue weighted by Gasteiger charge is -2.08. The summed E-state index contributed by atoms with van der Waals surface area (Å²) >= 11 is 0. The van der Waals surface area contributed by atoms with Gasteiger partial charge in [-0.25, -0.2) is 15.0 Å². The van der Waals surface area contributed by atoms with E-state index < -0.39 is 171 Å². The standard InChI is InChI=1S/C33H19N3O2/c1-2-8-20(9-3-1)31-34-32(21-14-16-25-23-10-4-6-12-27(23)37-29(25)18-21)36-33(35-31)22-15-17-26-24-11-5-7-13-28(24)38-30(26)19-22/h1-19H/i1D,2D,3D,4D,5D,6D,7D,8D,9D,10D,11D,12D,13D,14D,15D,16D,17D,18D,19D. The molecule has 0 aliphatic carbocycles. The summed E-state index contributed by atoms with van der Waals surface area (Å²) in [6, 6.07) is -13.4. The molecule has 0 amide bonds. The van der Waals surface area contributed by atoms with Crippen LogP contribution in [-0.4, -0.2) is 15.0 Å². The molecule has 5 aromatic carbocycles. The fourth-order valence-electron chi connectivity index (χ4n) is 3.89. The van der Waals surface area contributed by atoms with E-state index in [1.165, 1.54) is 0 Å². The van der Waals surface area contributed by atoms with E-state index in [2.05, 4.69) is 15.0 Å². The van der Waals surface area contributed by atoms with Gasteiger partial charge in [-0.05, 0) is 36.3 Å². The first kappa shape index (κ1) is 9.54. The van der Waals surface area contributed by atoms with Crippen molar-refractivity contribution in [3.8, 4) is 34.2 Å². The van der Waals surface area contributed by atoms with Gasteiger partial charge < -0.3 is 8.83 Å². The second-order valence-electron chi connectivity index (χ2n) is 7.83. The van der Waals surface area contributed by atoms with Crippen LogP contribution < -0.4 is 0 Å². The maximum atomic E-state index is 9.13. The molecule has 0 aliphatic heterocycles. The molecule has 0 N–H and O–H groups in total. The van der Waals surface area contributed by atoms with E-state index in [0.717, 1.165) is 0 Å². The highest BCUT2D eigenvalue weighted by molar-refractivity contribution is 6.06. The average molecular weight is 509 g/mol. The van der Waals surface area contributed by atoms with Crippen molar-refractivity contribution in [2.45, 2.75) is 0 Å². The van der Waals surface area contributed by atoms with Crippen molar-refractivity contribution in [3.63, 3.8) is 0 Å². The van der Waals surface area contributed by atoms with Crippen LogP contribution in [-0.2, 0) is 0 Å². The number of rotatable bonds is 3. The van der Waals surface area contributed by atoms with Crippen LogP contribution in [0, 0.1) is 0 Å². The van der Waals surface area contributed by atoms with Crippen LogP contribution in [0.15, 0.2) is 124 Å². The maximum Gasteiger partial charge on any atom is 0.164 e. The van der Waals surface area contributed by atoms with Crippen LogP contribution >= 0.6 is 0 Å². The molecule has 0 fully saturated rings. The normalized spacial score (nSPS) is 18.7. The van der Waals surface area contributed by atoms with Crippen molar-refractivity contribution in [2.75, 3.05) is 0 Å². The lowest BCUT2D eigenvalue weighted by molar-refractivity contribution is 0.668. The molecule has 38 heavy (non-hydrogen) atoms. The fourth-order valence-corrected chi connectivity index (χ4v) is 3.89. The Labute approximate surface area is 243 Å². The average Bonchev–Trinajstić information content (AvgIpc) is 3.79. The van der Waals surface area contributed by atoms with Gasteiger partial charge in [0.2, 0.25) is 0 Å². The minimum atomic E-state index is -0.798. The van der Waals surface area contributed by atoms with Gasteiger partial charge in [0.05, 0.1) is 26.0 Å². The van der Waals surface area contributed by atoms with E-state index in [0.29, 0.717) is 0 Å². The quantitative estimate of drug-likeness (QED) is 0.239. The molecule has 5 heteroatoms. The first-order valence-corrected chi connectivity index (χ1v) is 10.9. The topological polar surface area (TPSA) is 65.0 Å². The van der Waals surface area contributed by atoms with E-state index in [4.69, 9.17) is 34.9 Å². The molecule has 8 rings (SSSR count). The number of fused-ring (bicyclic) bond motifs is 6. The molecule has 3 heterocycles. The van der Waals surface area contributed by atoms with Gasteiger partial charge in [-0.1, -0.05) is 78.6 Å². The van der Waals surface area contributed by atoms with Crippen molar-refractivity contribution in [1.82, 2.24) is 15.0 Å². The Morgan fingerprint density at radius 3 is 1.34 bits per heavy atom. The van der Waals surface area contributed by atoms with E-state index >= 15 is 0 Å². The van der Waals surface area contributed by atoms with Gasteiger partial charge in [-0.3, -0.25) is 0 Å². The number of para-hydroxylation sites is 2. The minimum Gasteiger partial charge on any atom is -0.456 e. The van der Waals surface area contributed by atoms with Crippen LogP contribution in [0.5, 0.6) is 0 Å². The molecule has 0 bridgehead atoms. The SMILES string of the molecule is [2H]c1c([2H])c([2H])c(-c2nc(-c3c([2H])c([2H])c4c(oc5c([2H])c([2H])c([2H])c([2H])c54)c3[2H])nc(-c3c([2H])c([2H])c4c(oc5c([2H])c([2H])c([2H])c([2H])c54)c3[2H])n2)c([2H])c1[2H]. The number of nitrogens with zero attached hydrogens (tertiary/aromatic N) is 3. The van der Waals surface area contributed by atoms with Crippen molar-refractivity contribution >= 4 is 43.9 Å². The monoisotopic (exact) mass is 508 g/mol. The molecule has 0 aliphatic rings. The fraction of sp³-hybridized carbons (Fsp3) is 0. The van der Waals surface area contributed by atoms with Crippen molar-refractivity contribution in [3.05, 3.63) is 115 Å². The molecule has 0 spiro atoms. The molecular weight excluding hydrogens is 470 g/mol. The largest absolute Gasteiger partial charge is 0.456 e. The van der Waals surface area contributed by atoms with Crippen LogP contribution in [0.3, 0.4) is 0 Å². The maximum absolute atomic E-state index is 9.13. The van der Waals surface area contributed by atoms with Gasteiger partial charge in [0.1, 0.15) is 22.3 Å². The zero-order valence-electron chi connectivity index (χ0n) is 37.7. The lowest BCUT2D eigenvalue weighted by atomic mass is 10.1. The molecule has 0 unspecified atom stereocenters. The molecule has 0 saturated carbocycles. The van der Waals surface area contributed by atoms with E-state index in [1.54, 1.807) is 0 Å². The van der Waals surface area contributed by atoms with Crippen LogP contribution in [0.25, 0.3) is 78.0 Å². The Morgan fingerprint density at radius 2 is 0.816 bits per heavy atom. The zero-order chi connectivity index (χ0) is 41.6. The van der Waals surface area contributed by atoms with Crippen LogP contribution in [0.2, 0.25) is 0 Å². The minimum absolute atomic E-state index is 0.271. The van der Waals surface area contributed by atoms with E-state index in [9.17, 15) is 0 Å². The number of hydrogen-bond acceptors (Lipinski definition) is 5. The molecule has 0 atom stereocenters. The zero-order valence-corrected chi connectivity index (χ0v) is 18.7. The summed E-state index contributed by atoms with van der Waals surface area (Å²) in [5.41, 5.74) is -3.55. The third-order valence-corrected chi connectivity index (χ3v) is 5.58. The molecule has 8 aromatic rings. The van der Waals surface area contributed by atoms with Crippen molar-refractivity contribution < 1.29 is 34.9 Å². The van der Waals surface area contributed by atoms with Gasteiger partial charge >= 0.3 is 0 Å². The summed E-state index contributed by atoms with van der Waals surface area (Å²) in [6.07, 6.45) is 0. The number of hydrogen-bond donors (Lipinski definition) is 0. The van der Waals surface area contributed by atoms with Gasteiger partial charge in [0, 0.05) is 38.2 Å². The molecule has 3 aromatic heterocycles. The lowest BCUT2D eigenvalue weighted by Crippen LogP contribution is -2.00. The summed E-state index contributed by atoms with van der Waals surface area (Å²) in [4.78, 5) is 12.9. The van der Waals surface area contributed by atoms with Gasteiger partial charge in [0.15, 0.2) is 17.5 Å². The number of furan rings is 2. The molecule has 0 saturated heterocycles. The Kier molecular flexibility index (Phi) is 2.04. The Morgan fingerprint density at radius 1 is 0.395 bits per heavy atom. The first-order chi connectivity index (χ1) is 26.7. The molecule has 0 radical (unpaired) electrons. The highest BCUT2D eigenvalue weighted by atomic mass is 16.3. The predicted octanol–water partition coefficient (Wildman–Crippen LogP) is 8.67. The van der Waals surface area contributed by atoms with Gasteiger partial charge in [0.25, 0.3) is 0 Å². The number of aromatic nitrogens is 3. The highest BCUT2D eigenvalue weighted by Crippen LogP contribution is 2.34. The van der Waals surface area contributed by atoms with Crippen LogP contribution in [0.1, 0.15) is 26.0 Å². The third-order valence-electron chi connectivity index (χ3n) is 5.58. The van der Waals surface area contributed by atoms with Crippen molar-refractivity contribution in [1.29, 1.82) is 0 Å². The molecule has 5 nitrogen and oxygen atoms in total. The Hall–Kier alpha value is -5.29. The highest BCUT2D eigenvalue weighted by Gasteiger charge is 2.16. The Balaban J connectivity index is 1.52. The van der Waals surface area contributed by atoms with Gasteiger partial charge in [-0.15, -0.1) is 0 Å². The van der Waals surface area contributed by atoms with E-state index in [1.807, 2.05) is 0 Å².